The van der Waals surface area contributed by atoms with Crippen molar-refractivity contribution in [3.8, 4) is 16.3 Å². The van der Waals surface area contributed by atoms with E-state index >= 15 is 0 Å². The molecule has 2 aromatic carbocycles. The molecule has 0 unspecified atom stereocenters. The first-order chi connectivity index (χ1) is 15.1. The Labute approximate surface area is 179 Å². The van der Waals surface area contributed by atoms with E-state index in [9.17, 15) is 9.59 Å². The van der Waals surface area contributed by atoms with Gasteiger partial charge in [0, 0.05) is 19.8 Å². The average molecular weight is 432 g/mol. The van der Waals surface area contributed by atoms with Crippen molar-refractivity contribution in [1.82, 2.24) is 29.8 Å². The number of imidazole rings is 1. The molecule has 5 aromatic rings. The molecule has 3 heterocycles. The highest BCUT2D eigenvalue weighted by atomic mass is 32.1. The van der Waals surface area contributed by atoms with Crippen molar-refractivity contribution in [3.05, 3.63) is 60.2 Å². The smallest absolute Gasteiger partial charge is 0.308 e. The number of fused-ring (bicyclic) bond motifs is 2. The first-order valence-electron chi connectivity index (χ1n) is 9.55. The molecule has 9 nitrogen and oxygen atoms in total. The van der Waals surface area contributed by atoms with Crippen molar-refractivity contribution in [3.63, 3.8) is 0 Å². The van der Waals surface area contributed by atoms with Crippen LogP contribution in [-0.4, -0.2) is 41.5 Å². The maximum absolute atomic E-state index is 12.6. The third-order valence-electron chi connectivity index (χ3n) is 4.66. The van der Waals surface area contributed by atoms with Gasteiger partial charge in [-0.3, -0.25) is 9.59 Å². The van der Waals surface area contributed by atoms with Gasteiger partial charge in [-0.05, 0) is 24.3 Å². The SMILES string of the molecule is CC(=O)Oc1ccccc1-c1nn2c(CCC(=O)c3nc4ccccc4[nH]3)nnc2s1. The number of carbonyl (C=O) groups is 2. The average Bonchev–Trinajstić information content (AvgIpc) is 3.46. The molecule has 0 amide bonds. The monoisotopic (exact) mass is 432 g/mol. The van der Waals surface area contributed by atoms with Gasteiger partial charge >= 0.3 is 5.97 Å². The van der Waals surface area contributed by atoms with Crippen molar-refractivity contribution >= 4 is 39.1 Å². The van der Waals surface area contributed by atoms with Crippen LogP contribution in [0.15, 0.2) is 48.5 Å². The summed E-state index contributed by atoms with van der Waals surface area (Å²) in [6.07, 6.45) is 0.587. The summed E-state index contributed by atoms with van der Waals surface area (Å²) in [5.74, 6) is 0.827. The second kappa shape index (κ2) is 7.73. The van der Waals surface area contributed by atoms with Crippen molar-refractivity contribution in [2.75, 3.05) is 0 Å². The number of carbonyl (C=O) groups excluding carboxylic acids is 2. The molecule has 0 radical (unpaired) electrons. The molecule has 0 atom stereocenters. The minimum atomic E-state index is -0.403. The number of benzene rings is 2. The van der Waals surface area contributed by atoms with Gasteiger partial charge in [0.15, 0.2) is 22.4 Å². The third-order valence-corrected chi connectivity index (χ3v) is 5.59. The highest BCUT2D eigenvalue weighted by Crippen LogP contribution is 2.33. The molecule has 5 rings (SSSR count). The fraction of sp³-hybridized carbons (Fsp3) is 0.143. The lowest BCUT2D eigenvalue weighted by Gasteiger charge is -2.05. The highest BCUT2D eigenvalue weighted by Gasteiger charge is 2.18. The lowest BCUT2D eigenvalue weighted by atomic mass is 10.2. The number of Topliss-reactive ketones (excluding diaryl/α,β-unsaturated/α-hetero) is 1. The number of ketones is 1. The number of hydrogen-bond acceptors (Lipinski definition) is 8. The van der Waals surface area contributed by atoms with E-state index in [2.05, 4.69) is 25.3 Å². The minimum absolute atomic E-state index is 0.108. The Morgan fingerprint density at radius 1 is 1.10 bits per heavy atom. The van der Waals surface area contributed by atoms with E-state index in [1.165, 1.54) is 18.3 Å². The van der Waals surface area contributed by atoms with Gasteiger partial charge in [0.05, 0.1) is 16.6 Å². The van der Waals surface area contributed by atoms with Gasteiger partial charge < -0.3 is 9.72 Å². The molecule has 0 bridgehead atoms. The molecule has 0 saturated heterocycles. The molecule has 0 fully saturated rings. The number of hydrogen-bond donors (Lipinski definition) is 1. The van der Waals surface area contributed by atoms with Gasteiger partial charge in [-0.15, -0.1) is 10.2 Å². The fourth-order valence-electron chi connectivity index (χ4n) is 3.24. The fourth-order valence-corrected chi connectivity index (χ4v) is 4.13. The first kappa shape index (κ1) is 19.1. The van der Waals surface area contributed by atoms with Crippen molar-refractivity contribution in [2.24, 2.45) is 0 Å². The number of nitrogens with zero attached hydrogens (tertiary/aromatic N) is 5. The summed E-state index contributed by atoms with van der Waals surface area (Å²) in [5.41, 5.74) is 2.27. The zero-order chi connectivity index (χ0) is 21.4. The van der Waals surface area contributed by atoms with Crippen LogP contribution in [0.5, 0.6) is 5.75 Å². The molecular formula is C21H16N6O3S. The number of rotatable bonds is 6. The number of ether oxygens (including phenoxy) is 1. The summed E-state index contributed by atoms with van der Waals surface area (Å²) in [5, 5.41) is 13.6. The maximum Gasteiger partial charge on any atom is 0.308 e. The number of aryl methyl sites for hydroxylation is 1. The molecule has 0 spiro atoms. The second-order valence-corrected chi connectivity index (χ2v) is 7.79. The van der Waals surface area contributed by atoms with Gasteiger partial charge in [0.25, 0.3) is 0 Å². The van der Waals surface area contributed by atoms with E-state index in [1.807, 2.05) is 36.4 Å². The summed E-state index contributed by atoms with van der Waals surface area (Å²) in [6, 6.07) is 14.7. The molecule has 31 heavy (non-hydrogen) atoms. The number of esters is 1. The maximum atomic E-state index is 12.6. The molecule has 10 heteroatoms. The van der Waals surface area contributed by atoms with E-state index in [0.29, 0.717) is 39.4 Å². The number of aromatic amines is 1. The predicted octanol–water partition coefficient (Wildman–Crippen LogP) is 3.47. The van der Waals surface area contributed by atoms with E-state index in [0.717, 1.165) is 11.0 Å². The van der Waals surface area contributed by atoms with E-state index in [-0.39, 0.29) is 12.2 Å². The van der Waals surface area contributed by atoms with Gasteiger partial charge in [0.1, 0.15) is 5.75 Å². The summed E-state index contributed by atoms with van der Waals surface area (Å²) >= 11 is 1.33. The lowest BCUT2D eigenvalue weighted by Crippen LogP contribution is -2.06. The molecule has 0 aliphatic heterocycles. The molecule has 1 N–H and O–H groups in total. The Kier molecular flexibility index (Phi) is 4.75. The number of para-hydroxylation sites is 3. The van der Waals surface area contributed by atoms with E-state index in [4.69, 9.17) is 4.74 Å². The molecular weight excluding hydrogens is 416 g/mol. The Balaban J connectivity index is 1.38. The van der Waals surface area contributed by atoms with Gasteiger partial charge in [-0.2, -0.15) is 9.61 Å². The van der Waals surface area contributed by atoms with Crippen LogP contribution in [0.2, 0.25) is 0 Å². The predicted molar refractivity (Wildman–Crippen MR) is 114 cm³/mol. The molecule has 154 valence electrons. The zero-order valence-electron chi connectivity index (χ0n) is 16.4. The van der Waals surface area contributed by atoms with Crippen LogP contribution in [-0.2, 0) is 11.2 Å². The van der Waals surface area contributed by atoms with Crippen LogP contribution >= 0.6 is 11.3 Å². The Bertz CT molecular complexity index is 1400. The van der Waals surface area contributed by atoms with Crippen LogP contribution in [0.3, 0.4) is 0 Å². The van der Waals surface area contributed by atoms with Crippen molar-refractivity contribution in [2.45, 2.75) is 19.8 Å². The number of nitrogens with one attached hydrogen (secondary N) is 1. The van der Waals surface area contributed by atoms with Gasteiger partial charge in [0.2, 0.25) is 4.96 Å². The Hall–Kier alpha value is -3.92. The van der Waals surface area contributed by atoms with Gasteiger partial charge in [-0.1, -0.05) is 35.6 Å². The van der Waals surface area contributed by atoms with Crippen LogP contribution in [0.1, 0.15) is 29.8 Å². The number of H-pyrrole nitrogens is 1. The molecule has 0 aliphatic rings. The van der Waals surface area contributed by atoms with Crippen molar-refractivity contribution in [1.29, 1.82) is 0 Å². The summed E-state index contributed by atoms with van der Waals surface area (Å²) < 4.78 is 6.90. The second-order valence-electron chi connectivity index (χ2n) is 6.83. The summed E-state index contributed by atoms with van der Waals surface area (Å²) in [7, 11) is 0. The largest absolute Gasteiger partial charge is 0.426 e. The normalized spacial score (nSPS) is 11.3. The zero-order valence-corrected chi connectivity index (χ0v) is 17.2. The van der Waals surface area contributed by atoms with Crippen LogP contribution in [0.25, 0.3) is 26.6 Å². The van der Waals surface area contributed by atoms with Gasteiger partial charge in [-0.25, -0.2) is 4.98 Å². The van der Waals surface area contributed by atoms with Crippen molar-refractivity contribution < 1.29 is 14.3 Å². The first-order valence-corrected chi connectivity index (χ1v) is 10.4. The number of aromatic nitrogens is 6. The summed E-state index contributed by atoms with van der Waals surface area (Å²) in [6.45, 7) is 1.35. The van der Waals surface area contributed by atoms with Crippen LogP contribution in [0.4, 0.5) is 0 Å². The van der Waals surface area contributed by atoms with E-state index in [1.54, 1.807) is 16.6 Å². The molecule has 0 saturated carbocycles. The van der Waals surface area contributed by atoms with E-state index < -0.39 is 5.97 Å². The van der Waals surface area contributed by atoms with Crippen LogP contribution in [0, 0.1) is 0 Å². The summed E-state index contributed by atoms with van der Waals surface area (Å²) in [4.78, 5) is 32.0. The Morgan fingerprint density at radius 3 is 2.74 bits per heavy atom. The topological polar surface area (TPSA) is 115 Å². The molecule has 0 aliphatic carbocycles. The lowest BCUT2D eigenvalue weighted by molar-refractivity contribution is -0.131. The Morgan fingerprint density at radius 2 is 1.90 bits per heavy atom. The highest BCUT2D eigenvalue weighted by molar-refractivity contribution is 7.19. The minimum Gasteiger partial charge on any atom is -0.426 e. The standard InChI is InChI=1S/C21H16N6O3S/c1-12(28)30-17-9-5-2-6-13(17)20-26-27-18(24-25-21(27)31-20)11-10-16(29)19-22-14-7-3-4-8-15(14)23-19/h2-9H,10-11H2,1H3,(H,22,23). The van der Waals surface area contributed by atoms with Crippen LogP contribution < -0.4 is 4.74 Å². The quantitative estimate of drug-likeness (QED) is 0.248. The molecule has 3 aromatic heterocycles. The third kappa shape index (κ3) is 3.68.